The Labute approximate surface area is 147 Å². The molecule has 1 fully saturated rings. The number of likely N-dealkylation sites (N-methyl/N-ethyl adjacent to an activating group) is 1. The Morgan fingerprint density at radius 2 is 1.67 bits per heavy atom. The van der Waals surface area contributed by atoms with Crippen LogP contribution in [-0.4, -0.2) is 37.0 Å². The second-order valence-corrected chi connectivity index (χ2v) is 6.44. The van der Waals surface area contributed by atoms with E-state index in [1.54, 1.807) is 0 Å². The monoisotopic (exact) mass is 364 g/mol. The molecule has 0 spiro atoms. The molecule has 0 heterocycles. The van der Waals surface area contributed by atoms with Gasteiger partial charge in [0, 0.05) is 17.6 Å². The highest BCUT2D eigenvalue weighted by atomic mass is 35.5. The molecule has 1 saturated carbocycles. The van der Waals surface area contributed by atoms with Crippen LogP contribution in [0.3, 0.4) is 0 Å². The molecule has 1 amide bonds. The van der Waals surface area contributed by atoms with Gasteiger partial charge in [-0.25, -0.2) is 0 Å². The topological polar surface area (TPSA) is 32.3 Å². The van der Waals surface area contributed by atoms with Crippen molar-refractivity contribution in [3.63, 3.8) is 0 Å². The highest BCUT2D eigenvalue weighted by Gasteiger charge is 2.34. The van der Waals surface area contributed by atoms with Crippen molar-refractivity contribution >= 4 is 18.3 Å². The van der Waals surface area contributed by atoms with Gasteiger partial charge in [-0.05, 0) is 51.2 Å². The molecule has 136 valence electrons. The summed E-state index contributed by atoms with van der Waals surface area (Å²) in [5.41, 5.74) is -0.548. The molecule has 0 saturated heterocycles. The van der Waals surface area contributed by atoms with E-state index in [2.05, 4.69) is 10.2 Å². The Bertz CT molecular complexity index is 538. The Hall–Kier alpha value is -1.27. The molecule has 1 aromatic rings. The normalized spacial score (nSPS) is 17.2. The Kier molecular flexibility index (Phi) is 7.10. The summed E-state index contributed by atoms with van der Waals surface area (Å²) in [6, 6.07) is 4.33. The maximum Gasteiger partial charge on any atom is 0.416 e. The first-order valence-electron chi connectivity index (χ1n) is 7.87. The second kappa shape index (κ2) is 8.21. The van der Waals surface area contributed by atoms with E-state index in [-0.39, 0.29) is 29.4 Å². The fourth-order valence-corrected chi connectivity index (χ4v) is 3.15. The number of benzene rings is 1. The van der Waals surface area contributed by atoms with Crippen LogP contribution in [-0.2, 0) is 6.18 Å². The number of alkyl halides is 3. The minimum atomic E-state index is -4.38. The van der Waals surface area contributed by atoms with E-state index in [9.17, 15) is 18.0 Å². The van der Waals surface area contributed by atoms with Gasteiger partial charge >= 0.3 is 6.18 Å². The van der Waals surface area contributed by atoms with Gasteiger partial charge in [0.05, 0.1) is 5.56 Å². The molecule has 0 bridgehead atoms. The van der Waals surface area contributed by atoms with E-state index < -0.39 is 11.7 Å². The molecule has 0 atom stereocenters. The standard InChI is InChI=1S/C17H23F3N2O.ClH/c1-22(2)16(10-4-3-5-11-16)12-21-15(23)13-6-8-14(9-7-13)17(18,19)20;/h6-9H,3-5,10-12H2,1-2H3,(H,21,23);1H. The lowest BCUT2D eigenvalue weighted by molar-refractivity contribution is -0.137. The summed E-state index contributed by atoms with van der Waals surface area (Å²) in [6.07, 6.45) is 1.14. The lowest BCUT2D eigenvalue weighted by atomic mass is 9.80. The van der Waals surface area contributed by atoms with Gasteiger partial charge in [-0.2, -0.15) is 13.2 Å². The van der Waals surface area contributed by atoms with Gasteiger partial charge in [0.25, 0.3) is 5.91 Å². The van der Waals surface area contributed by atoms with Gasteiger partial charge in [0.1, 0.15) is 0 Å². The first-order valence-corrected chi connectivity index (χ1v) is 7.87. The maximum atomic E-state index is 12.5. The van der Waals surface area contributed by atoms with Gasteiger partial charge in [-0.3, -0.25) is 4.79 Å². The minimum Gasteiger partial charge on any atom is -0.350 e. The van der Waals surface area contributed by atoms with Gasteiger partial charge in [0.15, 0.2) is 0 Å². The third-order valence-corrected chi connectivity index (χ3v) is 4.79. The molecule has 0 unspecified atom stereocenters. The Morgan fingerprint density at radius 1 is 1.12 bits per heavy atom. The fraction of sp³-hybridized carbons (Fsp3) is 0.588. The summed E-state index contributed by atoms with van der Waals surface area (Å²) < 4.78 is 37.6. The van der Waals surface area contributed by atoms with Crippen molar-refractivity contribution in [3.8, 4) is 0 Å². The number of nitrogens with zero attached hydrogens (tertiary/aromatic N) is 1. The lowest BCUT2D eigenvalue weighted by Gasteiger charge is -2.43. The van der Waals surface area contributed by atoms with Crippen molar-refractivity contribution in [3.05, 3.63) is 35.4 Å². The van der Waals surface area contributed by atoms with Crippen molar-refractivity contribution in [2.75, 3.05) is 20.6 Å². The van der Waals surface area contributed by atoms with Crippen LogP contribution in [0.2, 0.25) is 0 Å². The number of nitrogens with one attached hydrogen (secondary N) is 1. The molecule has 0 aromatic heterocycles. The van der Waals surface area contributed by atoms with Crippen LogP contribution in [0.5, 0.6) is 0 Å². The van der Waals surface area contributed by atoms with Gasteiger partial charge in [0.2, 0.25) is 0 Å². The summed E-state index contributed by atoms with van der Waals surface area (Å²) in [5.74, 6) is -0.328. The Balaban J connectivity index is 0.00000288. The summed E-state index contributed by atoms with van der Waals surface area (Å²) >= 11 is 0. The molecule has 0 radical (unpaired) electrons. The largest absolute Gasteiger partial charge is 0.416 e. The first-order chi connectivity index (χ1) is 10.7. The van der Waals surface area contributed by atoms with Crippen LogP contribution in [0, 0.1) is 0 Å². The predicted octanol–water partition coefficient (Wildman–Crippen LogP) is 4.12. The van der Waals surface area contributed by atoms with Crippen LogP contribution in [0.25, 0.3) is 0 Å². The zero-order valence-corrected chi connectivity index (χ0v) is 14.8. The number of carbonyl (C=O) groups excluding carboxylic acids is 1. The molecule has 3 nitrogen and oxygen atoms in total. The Morgan fingerprint density at radius 3 is 2.12 bits per heavy atom. The molecule has 1 aliphatic carbocycles. The van der Waals surface area contributed by atoms with Crippen LogP contribution in [0.15, 0.2) is 24.3 Å². The predicted molar refractivity (Wildman–Crippen MR) is 90.5 cm³/mol. The molecule has 24 heavy (non-hydrogen) atoms. The number of hydrogen-bond acceptors (Lipinski definition) is 2. The molecule has 7 heteroatoms. The zero-order chi connectivity index (χ0) is 17.1. The number of halogens is 4. The third-order valence-electron chi connectivity index (χ3n) is 4.79. The van der Waals surface area contributed by atoms with E-state index in [4.69, 9.17) is 0 Å². The summed E-state index contributed by atoms with van der Waals surface area (Å²) in [6.45, 7) is 0.514. The van der Waals surface area contributed by atoms with Crippen molar-refractivity contribution in [2.24, 2.45) is 0 Å². The smallest absolute Gasteiger partial charge is 0.350 e. The summed E-state index contributed by atoms with van der Waals surface area (Å²) in [7, 11) is 4.02. The molecular weight excluding hydrogens is 341 g/mol. The number of rotatable bonds is 4. The minimum absolute atomic E-state index is 0. The highest BCUT2D eigenvalue weighted by Crippen LogP contribution is 2.32. The maximum absolute atomic E-state index is 12.5. The number of carbonyl (C=O) groups is 1. The van der Waals surface area contributed by atoms with Crippen molar-refractivity contribution in [1.29, 1.82) is 0 Å². The quantitative estimate of drug-likeness (QED) is 0.871. The summed E-state index contributed by atoms with van der Waals surface area (Å²) in [5, 5.41) is 2.89. The van der Waals surface area contributed by atoms with Crippen molar-refractivity contribution < 1.29 is 18.0 Å². The second-order valence-electron chi connectivity index (χ2n) is 6.44. The SMILES string of the molecule is CN(C)C1(CNC(=O)c2ccc(C(F)(F)F)cc2)CCCCC1.Cl. The molecule has 0 aliphatic heterocycles. The van der Waals surface area contributed by atoms with E-state index in [0.717, 1.165) is 37.8 Å². The van der Waals surface area contributed by atoms with Crippen LogP contribution < -0.4 is 5.32 Å². The van der Waals surface area contributed by atoms with E-state index in [0.29, 0.717) is 6.54 Å². The van der Waals surface area contributed by atoms with Crippen molar-refractivity contribution in [1.82, 2.24) is 10.2 Å². The molecular formula is C17H24ClF3N2O. The molecule has 1 N–H and O–H groups in total. The lowest BCUT2D eigenvalue weighted by Crippen LogP contribution is -2.53. The van der Waals surface area contributed by atoms with E-state index in [1.165, 1.54) is 18.6 Å². The number of hydrogen-bond donors (Lipinski definition) is 1. The zero-order valence-electron chi connectivity index (χ0n) is 13.9. The fourth-order valence-electron chi connectivity index (χ4n) is 3.15. The number of amides is 1. The van der Waals surface area contributed by atoms with Crippen molar-refractivity contribution in [2.45, 2.75) is 43.8 Å². The molecule has 2 rings (SSSR count). The van der Waals surface area contributed by atoms with E-state index >= 15 is 0 Å². The first kappa shape index (κ1) is 20.8. The molecule has 1 aromatic carbocycles. The van der Waals surface area contributed by atoms with Crippen LogP contribution >= 0.6 is 12.4 Å². The van der Waals surface area contributed by atoms with Crippen LogP contribution in [0.4, 0.5) is 13.2 Å². The average molecular weight is 365 g/mol. The van der Waals surface area contributed by atoms with Gasteiger partial charge in [-0.1, -0.05) is 19.3 Å². The van der Waals surface area contributed by atoms with Gasteiger partial charge in [-0.15, -0.1) is 12.4 Å². The van der Waals surface area contributed by atoms with E-state index in [1.807, 2.05) is 14.1 Å². The van der Waals surface area contributed by atoms with Gasteiger partial charge < -0.3 is 10.2 Å². The average Bonchev–Trinajstić information content (AvgIpc) is 2.52. The van der Waals surface area contributed by atoms with Crippen LogP contribution in [0.1, 0.15) is 48.0 Å². The summed E-state index contributed by atoms with van der Waals surface area (Å²) in [4.78, 5) is 14.4. The molecule has 1 aliphatic rings. The highest BCUT2D eigenvalue weighted by molar-refractivity contribution is 5.94. The third kappa shape index (κ3) is 4.86.